The van der Waals surface area contributed by atoms with E-state index in [0.717, 1.165) is 16.9 Å². The SMILES string of the molecule is C=CC(=O)c1cccc2c1C1c3ccccc3C2c2cccc(OC)c21. The number of ether oxygens (including phenoxy) is 1. The molecule has 126 valence electrons. The molecule has 0 aliphatic heterocycles. The minimum absolute atomic E-state index is 0.0115. The molecule has 0 aromatic heterocycles. The smallest absolute Gasteiger partial charge is 0.185 e. The minimum Gasteiger partial charge on any atom is -0.496 e. The molecule has 2 atom stereocenters. The molecule has 2 bridgehead atoms. The maximum absolute atomic E-state index is 12.6. The van der Waals surface area contributed by atoms with Gasteiger partial charge in [0.25, 0.3) is 0 Å². The molecule has 3 aromatic rings. The van der Waals surface area contributed by atoms with Gasteiger partial charge in [-0.15, -0.1) is 0 Å². The summed E-state index contributed by atoms with van der Waals surface area (Å²) in [6, 6.07) is 20.9. The van der Waals surface area contributed by atoms with Crippen molar-refractivity contribution in [3.63, 3.8) is 0 Å². The number of methoxy groups -OCH3 is 1. The first-order chi connectivity index (χ1) is 12.8. The average Bonchev–Trinajstić information content (AvgIpc) is 2.71. The number of ketones is 1. The van der Waals surface area contributed by atoms with Crippen LogP contribution in [0, 0.1) is 0 Å². The van der Waals surface area contributed by atoms with E-state index in [1.807, 2.05) is 18.2 Å². The molecule has 0 N–H and O–H groups in total. The van der Waals surface area contributed by atoms with Gasteiger partial charge in [0.2, 0.25) is 0 Å². The Hall–Kier alpha value is -3.13. The van der Waals surface area contributed by atoms with Crippen LogP contribution < -0.4 is 4.74 Å². The Kier molecular flexibility index (Phi) is 3.17. The Balaban J connectivity index is 1.91. The number of hydrogen-bond donors (Lipinski definition) is 0. The van der Waals surface area contributed by atoms with Gasteiger partial charge in [-0.3, -0.25) is 4.79 Å². The molecule has 0 spiro atoms. The van der Waals surface area contributed by atoms with Gasteiger partial charge in [0.1, 0.15) is 5.75 Å². The predicted molar refractivity (Wildman–Crippen MR) is 102 cm³/mol. The Bertz CT molecular complexity index is 1080. The lowest BCUT2D eigenvalue weighted by Gasteiger charge is -2.43. The highest BCUT2D eigenvalue weighted by Crippen LogP contribution is 2.58. The van der Waals surface area contributed by atoms with E-state index in [0.29, 0.717) is 0 Å². The van der Waals surface area contributed by atoms with Gasteiger partial charge >= 0.3 is 0 Å². The van der Waals surface area contributed by atoms with Gasteiger partial charge in [-0.25, -0.2) is 0 Å². The van der Waals surface area contributed by atoms with E-state index in [2.05, 4.69) is 49.0 Å². The lowest BCUT2D eigenvalue weighted by molar-refractivity contribution is 0.104. The lowest BCUT2D eigenvalue weighted by atomic mass is 9.60. The Morgan fingerprint density at radius 3 is 2.15 bits per heavy atom. The molecule has 0 heterocycles. The van der Waals surface area contributed by atoms with Gasteiger partial charge in [0, 0.05) is 23.0 Å². The van der Waals surface area contributed by atoms with E-state index in [4.69, 9.17) is 4.74 Å². The lowest BCUT2D eigenvalue weighted by Crippen LogP contribution is -2.29. The van der Waals surface area contributed by atoms with Gasteiger partial charge in [0.15, 0.2) is 5.78 Å². The molecule has 2 unspecified atom stereocenters. The predicted octanol–water partition coefficient (Wildman–Crippen LogP) is 5.05. The summed E-state index contributed by atoms with van der Waals surface area (Å²) in [4.78, 5) is 12.6. The number of allylic oxidation sites excluding steroid dienone is 1. The highest BCUT2D eigenvalue weighted by molar-refractivity contribution is 6.06. The van der Waals surface area contributed by atoms with Gasteiger partial charge in [-0.1, -0.05) is 61.2 Å². The molecule has 0 saturated carbocycles. The van der Waals surface area contributed by atoms with Crippen LogP contribution in [0.4, 0.5) is 0 Å². The number of rotatable bonds is 3. The van der Waals surface area contributed by atoms with Crippen LogP contribution in [0.5, 0.6) is 5.75 Å². The first-order valence-corrected chi connectivity index (χ1v) is 8.81. The molecule has 3 aliphatic carbocycles. The molecule has 26 heavy (non-hydrogen) atoms. The fraction of sp³-hybridized carbons (Fsp3) is 0.125. The van der Waals surface area contributed by atoms with E-state index in [1.54, 1.807) is 7.11 Å². The van der Waals surface area contributed by atoms with Crippen molar-refractivity contribution in [1.82, 2.24) is 0 Å². The fourth-order valence-corrected chi connectivity index (χ4v) is 4.78. The van der Waals surface area contributed by atoms with Crippen LogP contribution in [0.25, 0.3) is 0 Å². The van der Waals surface area contributed by atoms with Crippen molar-refractivity contribution < 1.29 is 9.53 Å². The summed E-state index contributed by atoms with van der Waals surface area (Å²) in [6.07, 6.45) is 1.41. The summed E-state index contributed by atoms with van der Waals surface area (Å²) in [5, 5.41) is 0. The van der Waals surface area contributed by atoms with Crippen molar-refractivity contribution in [2.75, 3.05) is 7.11 Å². The number of carbonyl (C=O) groups is 1. The molecule has 0 fully saturated rings. The molecular weight excluding hydrogens is 320 g/mol. The molecule has 2 nitrogen and oxygen atoms in total. The second-order valence-electron chi connectivity index (χ2n) is 6.83. The maximum Gasteiger partial charge on any atom is 0.185 e. The summed E-state index contributed by atoms with van der Waals surface area (Å²) in [6.45, 7) is 3.70. The zero-order valence-corrected chi connectivity index (χ0v) is 14.5. The third-order valence-electron chi connectivity index (χ3n) is 5.73. The summed E-state index contributed by atoms with van der Waals surface area (Å²) >= 11 is 0. The van der Waals surface area contributed by atoms with Gasteiger partial charge in [0.05, 0.1) is 7.11 Å². The first kappa shape index (κ1) is 15.2. The molecular formula is C24H18O2. The van der Waals surface area contributed by atoms with E-state index < -0.39 is 0 Å². The van der Waals surface area contributed by atoms with Crippen molar-refractivity contribution in [3.05, 3.63) is 112 Å². The zero-order chi connectivity index (χ0) is 17.8. The van der Waals surface area contributed by atoms with Crippen molar-refractivity contribution >= 4 is 5.78 Å². The molecule has 0 amide bonds. The zero-order valence-electron chi connectivity index (χ0n) is 14.5. The largest absolute Gasteiger partial charge is 0.496 e. The van der Waals surface area contributed by atoms with Crippen LogP contribution in [0.1, 0.15) is 55.6 Å². The average molecular weight is 338 g/mol. The van der Waals surface area contributed by atoms with Crippen LogP contribution in [-0.4, -0.2) is 12.9 Å². The molecule has 6 rings (SSSR count). The van der Waals surface area contributed by atoms with Crippen molar-refractivity contribution in [1.29, 1.82) is 0 Å². The van der Waals surface area contributed by atoms with Crippen LogP contribution >= 0.6 is 0 Å². The molecule has 3 aromatic carbocycles. The Morgan fingerprint density at radius 1 is 0.846 bits per heavy atom. The third-order valence-corrected chi connectivity index (χ3v) is 5.73. The van der Waals surface area contributed by atoms with E-state index >= 15 is 0 Å². The fourth-order valence-electron chi connectivity index (χ4n) is 4.78. The topological polar surface area (TPSA) is 26.3 Å². The van der Waals surface area contributed by atoms with Crippen LogP contribution in [0.15, 0.2) is 73.3 Å². The number of hydrogen-bond acceptors (Lipinski definition) is 2. The molecule has 3 aliphatic rings. The first-order valence-electron chi connectivity index (χ1n) is 8.81. The van der Waals surface area contributed by atoms with Crippen molar-refractivity contribution in [2.24, 2.45) is 0 Å². The summed E-state index contributed by atoms with van der Waals surface area (Å²) in [5.74, 6) is 1.01. The number of benzene rings is 3. The Morgan fingerprint density at radius 2 is 1.46 bits per heavy atom. The van der Waals surface area contributed by atoms with E-state index in [9.17, 15) is 4.79 Å². The highest BCUT2D eigenvalue weighted by atomic mass is 16.5. The summed E-state index contributed by atoms with van der Waals surface area (Å²) in [7, 11) is 1.71. The Labute approximate surface area is 152 Å². The van der Waals surface area contributed by atoms with Crippen LogP contribution in [0.2, 0.25) is 0 Å². The minimum atomic E-state index is -0.0247. The van der Waals surface area contributed by atoms with E-state index in [1.165, 1.54) is 33.9 Å². The number of carbonyl (C=O) groups excluding carboxylic acids is 1. The van der Waals surface area contributed by atoms with Crippen LogP contribution in [-0.2, 0) is 0 Å². The van der Waals surface area contributed by atoms with Gasteiger partial charge in [-0.2, -0.15) is 0 Å². The normalized spacial score (nSPS) is 18.5. The second kappa shape index (κ2) is 5.43. The van der Waals surface area contributed by atoms with Gasteiger partial charge in [-0.05, 0) is 40.0 Å². The van der Waals surface area contributed by atoms with Crippen molar-refractivity contribution in [3.8, 4) is 5.75 Å². The third kappa shape index (κ3) is 1.79. The molecule has 0 radical (unpaired) electrons. The van der Waals surface area contributed by atoms with E-state index in [-0.39, 0.29) is 17.6 Å². The quantitative estimate of drug-likeness (QED) is 0.340. The standard InChI is InChI=1S/C24H18O2/c1-3-19(25)16-10-6-11-17-21-14-8-4-5-9-15(14)24(22(16)17)23-18(21)12-7-13-20(23)26-2/h3-13,21,24H,1H2,2H3. The summed E-state index contributed by atoms with van der Waals surface area (Å²) < 4.78 is 5.72. The summed E-state index contributed by atoms with van der Waals surface area (Å²) in [5.41, 5.74) is 8.15. The van der Waals surface area contributed by atoms with Crippen molar-refractivity contribution in [2.45, 2.75) is 11.8 Å². The molecule has 0 saturated heterocycles. The second-order valence-corrected chi connectivity index (χ2v) is 6.83. The maximum atomic E-state index is 12.6. The van der Waals surface area contributed by atoms with Crippen LogP contribution in [0.3, 0.4) is 0 Å². The van der Waals surface area contributed by atoms with Gasteiger partial charge < -0.3 is 4.74 Å². The monoisotopic (exact) mass is 338 g/mol. The highest BCUT2D eigenvalue weighted by Gasteiger charge is 2.44. The molecule has 2 heteroatoms.